The van der Waals surface area contributed by atoms with Crippen molar-refractivity contribution < 1.29 is 0 Å². The van der Waals surface area contributed by atoms with Crippen LogP contribution in [0, 0.1) is 0 Å². The SMILES string of the molecule is Brc1ccc(NC2CCCCC2c2ccccc2)cn1. The van der Waals surface area contributed by atoms with E-state index in [0.717, 1.165) is 10.3 Å². The maximum atomic E-state index is 4.30. The van der Waals surface area contributed by atoms with E-state index in [9.17, 15) is 0 Å². The highest BCUT2D eigenvalue weighted by Crippen LogP contribution is 2.34. The molecule has 0 spiro atoms. The Morgan fingerprint density at radius 1 is 1.00 bits per heavy atom. The van der Waals surface area contributed by atoms with Crippen molar-refractivity contribution in [2.24, 2.45) is 0 Å². The van der Waals surface area contributed by atoms with Gasteiger partial charge in [-0.25, -0.2) is 4.98 Å². The first kappa shape index (κ1) is 13.6. The Morgan fingerprint density at radius 3 is 2.55 bits per heavy atom. The number of hydrogen-bond acceptors (Lipinski definition) is 2. The number of rotatable bonds is 3. The van der Waals surface area contributed by atoms with Gasteiger partial charge in [-0.05, 0) is 46.5 Å². The molecule has 2 atom stereocenters. The molecule has 0 saturated heterocycles. The van der Waals surface area contributed by atoms with Gasteiger partial charge >= 0.3 is 0 Å². The molecule has 0 bridgehead atoms. The normalized spacial score (nSPS) is 22.4. The Hall–Kier alpha value is -1.35. The second-order valence-corrected chi connectivity index (χ2v) is 6.23. The lowest BCUT2D eigenvalue weighted by Crippen LogP contribution is -2.30. The molecule has 1 aliphatic rings. The molecule has 0 radical (unpaired) electrons. The van der Waals surface area contributed by atoms with Gasteiger partial charge in [0.05, 0.1) is 11.9 Å². The molecule has 3 rings (SSSR count). The minimum absolute atomic E-state index is 0.508. The zero-order valence-electron chi connectivity index (χ0n) is 11.4. The summed E-state index contributed by atoms with van der Waals surface area (Å²) in [4.78, 5) is 4.30. The Morgan fingerprint density at radius 2 is 1.80 bits per heavy atom. The van der Waals surface area contributed by atoms with E-state index >= 15 is 0 Å². The van der Waals surface area contributed by atoms with Gasteiger partial charge in [0.25, 0.3) is 0 Å². The van der Waals surface area contributed by atoms with Crippen LogP contribution in [0.3, 0.4) is 0 Å². The molecule has 0 aliphatic heterocycles. The zero-order valence-corrected chi connectivity index (χ0v) is 13.0. The average molecular weight is 331 g/mol. The fourth-order valence-electron chi connectivity index (χ4n) is 3.08. The Kier molecular flexibility index (Phi) is 4.36. The van der Waals surface area contributed by atoms with Crippen molar-refractivity contribution in [3.05, 3.63) is 58.8 Å². The van der Waals surface area contributed by atoms with E-state index < -0.39 is 0 Å². The predicted molar refractivity (Wildman–Crippen MR) is 87.0 cm³/mol. The highest BCUT2D eigenvalue weighted by molar-refractivity contribution is 9.10. The van der Waals surface area contributed by atoms with Crippen LogP contribution in [0.2, 0.25) is 0 Å². The summed E-state index contributed by atoms with van der Waals surface area (Å²) in [5.41, 5.74) is 2.57. The second kappa shape index (κ2) is 6.40. The molecule has 104 valence electrons. The highest BCUT2D eigenvalue weighted by Gasteiger charge is 2.26. The number of nitrogens with one attached hydrogen (secondary N) is 1. The number of aromatic nitrogens is 1. The van der Waals surface area contributed by atoms with E-state index in [1.807, 2.05) is 12.3 Å². The van der Waals surface area contributed by atoms with Crippen LogP contribution in [0.4, 0.5) is 5.69 Å². The fraction of sp³-hybridized carbons (Fsp3) is 0.353. The van der Waals surface area contributed by atoms with Crippen molar-refractivity contribution in [1.29, 1.82) is 0 Å². The summed E-state index contributed by atoms with van der Waals surface area (Å²) in [5, 5.41) is 3.67. The molecule has 0 amide bonds. The summed E-state index contributed by atoms with van der Waals surface area (Å²) in [6.45, 7) is 0. The standard InChI is InChI=1S/C17H19BrN2/c18-17-11-10-14(12-19-17)20-16-9-5-4-8-15(16)13-6-2-1-3-7-13/h1-3,6-7,10-12,15-16,20H,4-5,8-9H2. The van der Waals surface area contributed by atoms with Crippen LogP contribution < -0.4 is 5.32 Å². The molecule has 1 aromatic carbocycles. The quantitative estimate of drug-likeness (QED) is 0.802. The third-order valence-electron chi connectivity index (χ3n) is 4.07. The van der Waals surface area contributed by atoms with Crippen LogP contribution in [0.1, 0.15) is 37.2 Å². The van der Waals surface area contributed by atoms with Gasteiger partial charge in [-0.15, -0.1) is 0 Å². The molecule has 1 aliphatic carbocycles. The Bertz CT molecular complexity index is 539. The van der Waals surface area contributed by atoms with E-state index in [1.165, 1.54) is 31.2 Å². The topological polar surface area (TPSA) is 24.9 Å². The van der Waals surface area contributed by atoms with E-state index in [0.29, 0.717) is 12.0 Å². The summed E-state index contributed by atoms with van der Waals surface area (Å²) >= 11 is 3.38. The van der Waals surface area contributed by atoms with Gasteiger partial charge in [0, 0.05) is 12.0 Å². The molecule has 1 fully saturated rings. The van der Waals surface area contributed by atoms with Crippen molar-refractivity contribution in [1.82, 2.24) is 4.98 Å². The molecule has 20 heavy (non-hydrogen) atoms. The maximum Gasteiger partial charge on any atom is 0.106 e. The van der Waals surface area contributed by atoms with Gasteiger partial charge in [0.15, 0.2) is 0 Å². The molecular formula is C17H19BrN2. The maximum absolute atomic E-state index is 4.30. The summed E-state index contributed by atoms with van der Waals surface area (Å²) in [5.74, 6) is 0.605. The van der Waals surface area contributed by atoms with Crippen molar-refractivity contribution in [2.75, 3.05) is 5.32 Å². The first-order valence-corrected chi connectivity index (χ1v) is 8.05. The van der Waals surface area contributed by atoms with Crippen LogP contribution in [-0.2, 0) is 0 Å². The number of pyridine rings is 1. The third-order valence-corrected chi connectivity index (χ3v) is 4.54. The lowest BCUT2D eigenvalue weighted by Gasteiger charge is -2.33. The van der Waals surface area contributed by atoms with E-state index in [1.54, 1.807) is 0 Å². The first-order chi connectivity index (χ1) is 9.83. The predicted octanol–water partition coefficient (Wildman–Crippen LogP) is 4.98. The van der Waals surface area contributed by atoms with Gasteiger partial charge in [0.1, 0.15) is 4.60 Å². The first-order valence-electron chi connectivity index (χ1n) is 7.26. The summed E-state index contributed by atoms with van der Waals surface area (Å²) in [6, 6.07) is 15.5. The lowest BCUT2D eigenvalue weighted by atomic mass is 9.80. The van der Waals surface area contributed by atoms with Gasteiger partial charge in [-0.1, -0.05) is 43.2 Å². The van der Waals surface area contributed by atoms with Crippen LogP contribution in [0.25, 0.3) is 0 Å². The summed E-state index contributed by atoms with van der Waals surface area (Å²) in [7, 11) is 0. The molecule has 2 unspecified atom stereocenters. The molecule has 1 N–H and O–H groups in total. The van der Waals surface area contributed by atoms with Crippen molar-refractivity contribution in [3.63, 3.8) is 0 Å². The third kappa shape index (κ3) is 3.21. The molecule has 1 saturated carbocycles. The molecule has 2 aromatic rings. The molecule has 1 heterocycles. The van der Waals surface area contributed by atoms with Gasteiger partial charge in [0.2, 0.25) is 0 Å². The average Bonchev–Trinajstić information content (AvgIpc) is 2.51. The van der Waals surface area contributed by atoms with E-state index in [4.69, 9.17) is 0 Å². The van der Waals surface area contributed by atoms with E-state index in [2.05, 4.69) is 62.6 Å². The number of hydrogen-bond donors (Lipinski definition) is 1. The Labute approximate surface area is 128 Å². The van der Waals surface area contributed by atoms with Crippen LogP contribution in [0.5, 0.6) is 0 Å². The molecule has 3 heteroatoms. The second-order valence-electron chi connectivity index (χ2n) is 5.42. The van der Waals surface area contributed by atoms with Crippen LogP contribution >= 0.6 is 15.9 Å². The smallest absolute Gasteiger partial charge is 0.106 e. The molecule has 2 nitrogen and oxygen atoms in total. The highest BCUT2D eigenvalue weighted by atomic mass is 79.9. The van der Waals surface area contributed by atoms with Gasteiger partial charge < -0.3 is 5.32 Å². The fourth-order valence-corrected chi connectivity index (χ4v) is 3.31. The van der Waals surface area contributed by atoms with Crippen LogP contribution in [-0.4, -0.2) is 11.0 Å². The van der Waals surface area contributed by atoms with E-state index in [-0.39, 0.29) is 0 Å². The van der Waals surface area contributed by atoms with Crippen LogP contribution in [0.15, 0.2) is 53.3 Å². The van der Waals surface area contributed by atoms with Crippen molar-refractivity contribution in [3.8, 4) is 0 Å². The van der Waals surface area contributed by atoms with Crippen molar-refractivity contribution in [2.45, 2.75) is 37.6 Å². The molecule has 1 aromatic heterocycles. The lowest BCUT2D eigenvalue weighted by molar-refractivity contribution is 0.405. The Balaban J connectivity index is 1.77. The monoisotopic (exact) mass is 330 g/mol. The number of anilines is 1. The minimum Gasteiger partial charge on any atom is -0.380 e. The number of halogens is 1. The van der Waals surface area contributed by atoms with Gasteiger partial charge in [-0.3, -0.25) is 0 Å². The molecular weight excluding hydrogens is 312 g/mol. The van der Waals surface area contributed by atoms with Gasteiger partial charge in [-0.2, -0.15) is 0 Å². The number of nitrogens with zero attached hydrogens (tertiary/aromatic N) is 1. The summed E-state index contributed by atoms with van der Waals surface area (Å²) in [6.07, 6.45) is 7.04. The van der Waals surface area contributed by atoms with Crippen molar-refractivity contribution >= 4 is 21.6 Å². The minimum atomic E-state index is 0.508. The zero-order chi connectivity index (χ0) is 13.8. The number of benzene rings is 1. The largest absolute Gasteiger partial charge is 0.380 e. The summed E-state index contributed by atoms with van der Waals surface area (Å²) < 4.78 is 0.881.